The number of amides is 4. The van der Waals surface area contributed by atoms with Crippen LogP contribution in [0.2, 0.25) is 0 Å². The van der Waals surface area contributed by atoms with Crippen LogP contribution in [-0.4, -0.2) is 29.1 Å². The molecule has 0 aromatic heterocycles. The normalized spacial score (nSPS) is 22.1. The fourth-order valence-electron chi connectivity index (χ4n) is 2.54. The number of barbiturate groups is 1. The van der Waals surface area contributed by atoms with E-state index in [4.69, 9.17) is 0 Å². The van der Waals surface area contributed by atoms with Crippen LogP contribution in [0.5, 0.6) is 0 Å². The first-order valence-corrected chi connectivity index (χ1v) is 6.19. The highest BCUT2D eigenvalue weighted by Gasteiger charge is 2.53. The molecule has 102 valence electrons. The number of carbonyl (C=O) groups is 3. The molecule has 1 aliphatic rings. The Morgan fingerprint density at radius 3 is 2.06 bits per heavy atom. The zero-order chi connectivity index (χ0) is 13.9. The van der Waals surface area contributed by atoms with Gasteiger partial charge in [-0.25, -0.2) is 4.79 Å². The fraction of sp³-hybridized carbons (Fsp3) is 0.750. The Morgan fingerprint density at radius 1 is 1.17 bits per heavy atom. The first-order valence-electron chi connectivity index (χ1n) is 6.19. The third-order valence-electron chi connectivity index (χ3n) is 3.44. The lowest BCUT2D eigenvalue weighted by molar-refractivity contribution is -0.151. The summed E-state index contributed by atoms with van der Waals surface area (Å²) < 4.78 is 0. The molecule has 0 radical (unpaired) electrons. The summed E-state index contributed by atoms with van der Waals surface area (Å²) in [6.45, 7) is 5.27. The van der Waals surface area contributed by atoms with Gasteiger partial charge in [-0.15, -0.1) is 0 Å². The molecule has 6 nitrogen and oxygen atoms in total. The summed E-state index contributed by atoms with van der Waals surface area (Å²) in [4.78, 5) is 35.3. The van der Waals surface area contributed by atoms with Crippen molar-refractivity contribution in [3.05, 3.63) is 0 Å². The van der Waals surface area contributed by atoms with Gasteiger partial charge >= 0.3 is 6.03 Å². The molecule has 0 aromatic carbocycles. The van der Waals surface area contributed by atoms with Gasteiger partial charge in [0.25, 0.3) is 0 Å². The van der Waals surface area contributed by atoms with Crippen molar-refractivity contribution in [3.63, 3.8) is 0 Å². The van der Waals surface area contributed by atoms with Gasteiger partial charge in [-0.2, -0.15) is 0 Å². The van der Waals surface area contributed by atoms with Crippen molar-refractivity contribution in [2.75, 3.05) is 0 Å². The lowest BCUT2D eigenvalue weighted by Gasteiger charge is -2.39. The second-order valence-corrected chi connectivity index (χ2v) is 4.95. The van der Waals surface area contributed by atoms with Gasteiger partial charge in [0, 0.05) is 0 Å². The van der Waals surface area contributed by atoms with Crippen molar-refractivity contribution in [1.29, 1.82) is 0 Å². The van der Waals surface area contributed by atoms with Crippen LogP contribution >= 0.6 is 0 Å². The fourth-order valence-corrected chi connectivity index (χ4v) is 2.54. The SMILES string of the molecule is CCC[C@H](C)C1(C[C@@H](C)O)C(=O)NC(=O)NC1=O. The highest BCUT2D eigenvalue weighted by atomic mass is 16.3. The van der Waals surface area contributed by atoms with E-state index in [0.717, 1.165) is 6.42 Å². The van der Waals surface area contributed by atoms with E-state index in [2.05, 4.69) is 10.6 Å². The minimum absolute atomic E-state index is 0.0130. The van der Waals surface area contributed by atoms with Gasteiger partial charge in [0.05, 0.1) is 6.10 Å². The predicted octanol–water partition coefficient (Wildman–Crippen LogP) is 0.546. The van der Waals surface area contributed by atoms with E-state index < -0.39 is 29.4 Å². The minimum atomic E-state index is -1.36. The van der Waals surface area contributed by atoms with Gasteiger partial charge in [0.1, 0.15) is 5.41 Å². The summed E-state index contributed by atoms with van der Waals surface area (Å²) in [7, 11) is 0. The Hall–Kier alpha value is -1.43. The molecule has 1 aliphatic heterocycles. The molecule has 1 heterocycles. The molecule has 6 heteroatoms. The van der Waals surface area contributed by atoms with Gasteiger partial charge in [-0.1, -0.05) is 20.3 Å². The topological polar surface area (TPSA) is 95.5 Å². The predicted molar refractivity (Wildman–Crippen MR) is 64.5 cm³/mol. The summed E-state index contributed by atoms with van der Waals surface area (Å²) >= 11 is 0. The number of rotatable bonds is 5. The maximum absolute atomic E-state index is 12.1. The number of urea groups is 1. The van der Waals surface area contributed by atoms with E-state index in [0.29, 0.717) is 6.42 Å². The average Bonchev–Trinajstić information content (AvgIpc) is 2.23. The number of carbonyl (C=O) groups excluding carboxylic acids is 3. The molecule has 0 spiro atoms. The number of hydrogen-bond donors (Lipinski definition) is 3. The lowest BCUT2D eigenvalue weighted by Crippen LogP contribution is -2.65. The van der Waals surface area contributed by atoms with Gasteiger partial charge in [0.15, 0.2) is 0 Å². The molecule has 2 atom stereocenters. The molecule has 1 rings (SSSR count). The molecule has 3 N–H and O–H groups in total. The Bertz CT molecular complexity index is 345. The number of aliphatic hydroxyl groups excluding tert-OH is 1. The summed E-state index contributed by atoms with van der Waals surface area (Å²) in [5, 5.41) is 13.8. The Kier molecular flexibility index (Phi) is 4.45. The van der Waals surface area contributed by atoms with Crippen molar-refractivity contribution >= 4 is 17.8 Å². The molecule has 0 bridgehead atoms. The molecule has 0 aromatic rings. The summed E-state index contributed by atoms with van der Waals surface area (Å²) in [5.41, 5.74) is -1.36. The highest BCUT2D eigenvalue weighted by Crippen LogP contribution is 2.38. The summed E-state index contributed by atoms with van der Waals surface area (Å²) in [6.07, 6.45) is 0.701. The maximum Gasteiger partial charge on any atom is 0.328 e. The van der Waals surface area contributed by atoms with Crippen molar-refractivity contribution in [3.8, 4) is 0 Å². The van der Waals surface area contributed by atoms with Gasteiger partial charge in [-0.3, -0.25) is 20.2 Å². The van der Waals surface area contributed by atoms with Crippen molar-refractivity contribution < 1.29 is 19.5 Å². The molecule has 1 fully saturated rings. The van der Waals surface area contributed by atoms with Crippen LogP contribution in [-0.2, 0) is 9.59 Å². The third kappa shape index (κ3) is 2.53. The molecule has 0 unspecified atom stereocenters. The van der Waals surface area contributed by atoms with Crippen LogP contribution in [0.3, 0.4) is 0 Å². The molecular formula is C12H20N2O4. The van der Waals surface area contributed by atoms with Crippen LogP contribution in [0, 0.1) is 11.3 Å². The number of aliphatic hydroxyl groups is 1. The van der Waals surface area contributed by atoms with E-state index in [1.807, 2.05) is 6.92 Å². The first kappa shape index (κ1) is 14.6. The Labute approximate surface area is 106 Å². The van der Waals surface area contributed by atoms with Crippen LogP contribution in [0.15, 0.2) is 0 Å². The van der Waals surface area contributed by atoms with E-state index in [-0.39, 0.29) is 12.3 Å². The van der Waals surface area contributed by atoms with E-state index >= 15 is 0 Å². The Balaban J connectivity index is 3.13. The van der Waals surface area contributed by atoms with Crippen LogP contribution in [0.1, 0.15) is 40.0 Å². The second kappa shape index (κ2) is 5.48. The molecule has 0 aliphatic carbocycles. The monoisotopic (exact) mass is 256 g/mol. The quantitative estimate of drug-likeness (QED) is 0.626. The van der Waals surface area contributed by atoms with Crippen LogP contribution in [0.4, 0.5) is 4.79 Å². The largest absolute Gasteiger partial charge is 0.393 e. The van der Waals surface area contributed by atoms with E-state index in [1.165, 1.54) is 6.92 Å². The summed E-state index contributed by atoms with van der Waals surface area (Å²) in [6, 6.07) is -0.796. The summed E-state index contributed by atoms with van der Waals surface area (Å²) in [5.74, 6) is -1.47. The number of hydrogen-bond acceptors (Lipinski definition) is 4. The van der Waals surface area contributed by atoms with Gasteiger partial charge in [0.2, 0.25) is 11.8 Å². The van der Waals surface area contributed by atoms with E-state index in [1.54, 1.807) is 6.92 Å². The molecular weight excluding hydrogens is 236 g/mol. The molecule has 1 saturated heterocycles. The smallest absolute Gasteiger partial charge is 0.328 e. The van der Waals surface area contributed by atoms with Crippen molar-refractivity contribution in [2.45, 2.75) is 46.1 Å². The molecule has 18 heavy (non-hydrogen) atoms. The van der Waals surface area contributed by atoms with Crippen molar-refractivity contribution in [2.24, 2.45) is 11.3 Å². The third-order valence-corrected chi connectivity index (χ3v) is 3.44. The Morgan fingerprint density at radius 2 is 1.67 bits per heavy atom. The second-order valence-electron chi connectivity index (χ2n) is 4.95. The number of nitrogens with one attached hydrogen (secondary N) is 2. The minimum Gasteiger partial charge on any atom is -0.393 e. The number of imide groups is 2. The van der Waals surface area contributed by atoms with Gasteiger partial charge < -0.3 is 5.11 Å². The van der Waals surface area contributed by atoms with Crippen LogP contribution < -0.4 is 10.6 Å². The van der Waals surface area contributed by atoms with Crippen molar-refractivity contribution in [1.82, 2.24) is 10.6 Å². The molecule has 0 saturated carbocycles. The van der Waals surface area contributed by atoms with E-state index in [9.17, 15) is 19.5 Å². The van der Waals surface area contributed by atoms with Gasteiger partial charge in [-0.05, 0) is 25.7 Å². The standard InChI is InChI=1S/C12H20N2O4/c1-4-5-7(2)12(6-8(3)15)9(16)13-11(18)14-10(12)17/h7-8,15H,4-6H2,1-3H3,(H2,13,14,16,17,18)/t7-,8+/m0/s1. The average molecular weight is 256 g/mol. The first-order chi connectivity index (χ1) is 8.34. The zero-order valence-corrected chi connectivity index (χ0v) is 10.9. The highest BCUT2D eigenvalue weighted by molar-refractivity contribution is 6.19. The maximum atomic E-state index is 12.1. The lowest BCUT2D eigenvalue weighted by atomic mass is 9.68. The molecule has 4 amide bonds. The van der Waals surface area contributed by atoms with Crippen LogP contribution in [0.25, 0.3) is 0 Å². The zero-order valence-electron chi connectivity index (χ0n) is 10.9.